The Balaban J connectivity index is 1.84. The number of hydrogen-bond acceptors (Lipinski definition) is 7. The summed E-state index contributed by atoms with van der Waals surface area (Å²) in [5.74, 6) is 0.0743. The van der Waals surface area contributed by atoms with Crippen LogP contribution < -0.4 is 5.73 Å². The van der Waals surface area contributed by atoms with Crippen LogP contribution in [0.2, 0.25) is 5.15 Å². The highest BCUT2D eigenvalue weighted by Gasteiger charge is 2.36. The fourth-order valence-electron chi connectivity index (χ4n) is 2.53. The van der Waals surface area contributed by atoms with E-state index < -0.39 is 19.7 Å². The van der Waals surface area contributed by atoms with E-state index in [4.69, 9.17) is 26.8 Å². The average Bonchev–Trinajstić information content (AvgIpc) is 2.99. The average molecular weight is 360 g/mol. The fraction of sp³-hybridized carbons (Fsp3) is 0.615. The van der Waals surface area contributed by atoms with Gasteiger partial charge in [0.1, 0.15) is 11.6 Å². The fourth-order valence-corrected chi connectivity index (χ4v) is 3.59. The molecule has 1 aliphatic rings. The van der Waals surface area contributed by atoms with Crippen LogP contribution in [-0.2, 0) is 14.0 Å². The second-order valence-electron chi connectivity index (χ2n) is 6.08. The summed E-state index contributed by atoms with van der Waals surface area (Å²) in [6, 6.07) is 0. The Morgan fingerprint density at radius 1 is 1.39 bits per heavy atom. The van der Waals surface area contributed by atoms with Crippen molar-refractivity contribution in [3.8, 4) is 0 Å². The molecule has 2 aromatic rings. The zero-order valence-corrected chi connectivity index (χ0v) is 14.8. The molecule has 0 spiro atoms. The van der Waals surface area contributed by atoms with Crippen LogP contribution in [0.3, 0.4) is 0 Å². The monoisotopic (exact) mass is 359 g/mol. The molecule has 1 saturated heterocycles. The number of fused-ring (bicyclic) bond motifs is 1. The lowest BCUT2D eigenvalue weighted by Gasteiger charge is -2.15. The van der Waals surface area contributed by atoms with Gasteiger partial charge in [0.25, 0.3) is 0 Å². The van der Waals surface area contributed by atoms with Gasteiger partial charge < -0.3 is 19.8 Å². The van der Waals surface area contributed by atoms with Gasteiger partial charge in [0, 0.05) is 12.6 Å². The zero-order valence-electron chi connectivity index (χ0n) is 13.1. The second kappa shape index (κ2) is 6.02. The number of rotatable bonds is 4. The SMILES string of the molecule is C[C@H]1O[C@H](CCP(C)(C)=O)OC1n1cnc2c(Cl)nc(N)nc21. The van der Waals surface area contributed by atoms with E-state index in [-0.39, 0.29) is 17.2 Å². The van der Waals surface area contributed by atoms with E-state index in [0.717, 1.165) is 0 Å². The number of nitrogens with two attached hydrogens (primary N) is 1. The normalized spacial score (nSPS) is 25.3. The first-order valence-electron chi connectivity index (χ1n) is 7.25. The van der Waals surface area contributed by atoms with E-state index in [0.29, 0.717) is 23.7 Å². The highest BCUT2D eigenvalue weighted by atomic mass is 35.5. The maximum absolute atomic E-state index is 11.8. The first-order valence-corrected chi connectivity index (χ1v) is 10.4. The molecule has 0 aromatic carbocycles. The maximum atomic E-state index is 11.8. The van der Waals surface area contributed by atoms with Crippen molar-refractivity contribution >= 4 is 35.9 Å². The largest absolute Gasteiger partial charge is 0.368 e. The molecule has 2 aromatic heterocycles. The molecule has 23 heavy (non-hydrogen) atoms. The molecule has 1 fully saturated rings. The smallest absolute Gasteiger partial charge is 0.223 e. The molecule has 0 radical (unpaired) electrons. The Hall–Kier alpha value is -1.21. The number of anilines is 1. The van der Waals surface area contributed by atoms with Crippen LogP contribution in [0.15, 0.2) is 6.33 Å². The molecule has 1 unspecified atom stereocenters. The summed E-state index contributed by atoms with van der Waals surface area (Å²) in [5, 5.41) is 0.201. The molecule has 0 saturated carbocycles. The highest BCUT2D eigenvalue weighted by Crippen LogP contribution is 2.39. The van der Waals surface area contributed by atoms with Crippen LogP contribution in [0.5, 0.6) is 0 Å². The van der Waals surface area contributed by atoms with Crippen molar-refractivity contribution in [3.63, 3.8) is 0 Å². The van der Waals surface area contributed by atoms with Gasteiger partial charge in [0.05, 0.1) is 13.5 Å². The van der Waals surface area contributed by atoms with Crippen molar-refractivity contribution in [3.05, 3.63) is 11.5 Å². The van der Waals surface area contributed by atoms with Crippen LogP contribution in [0.4, 0.5) is 5.95 Å². The van der Waals surface area contributed by atoms with Gasteiger partial charge >= 0.3 is 0 Å². The van der Waals surface area contributed by atoms with E-state index in [2.05, 4.69) is 15.0 Å². The molecule has 3 rings (SSSR count). The third kappa shape index (κ3) is 3.50. The van der Waals surface area contributed by atoms with Crippen LogP contribution in [0, 0.1) is 0 Å². The summed E-state index contributed by atoms with van der Waals surface area (Å²) in [4.78, 5) is 12.3. The van der Waals surface area contributed by atoms with E-state index in [1.165, 1.54) is 0 Å². The van der Waals surface area contributed by atoms with Crippen LogP contribution in [0.1, 0.15) is 19.6 Å². The molecule has 126 valence electrons. The van der Waals surface area contributed by atoms with Gasteiger partial charge in [-0.1, -0.05) is 11.6 Å². The molecular weight excluding hydrogens is 341 g/mol. The van der Waals surface area contributed by atoms with Crippen molar-refractivity contribution in [2.45, 2.75) is 32.0 Å². The molecule has 0 bridgehead atoms. The van der Waals surface area contributed by atoms with E-state index in [9.17, 15) is 4.57 Å². The number of hydrogen-bond donors (Lipinski definition) is 1. The van der Waals surface area contributed by atoms with Crippen molar-refractivity contribution in [2.75, 3.05) is 25.2 Å². The lowest BCUT2D eigenvalue weighted by atomic mass is 10.3. The summed E-state index contributed by atoms with van der Waals surface area (Å²) in [6.45, 7) is 5.42. The Kier molecular flexibility index (Phi) is 4.35. The van der Waals surface area contributed by atoms with Gasteiger partial charge in [-0.2, -0.15) is 9.97 Å². The summed E-state index contributed by atoms with van der Waals surface area (Å²) < 4.78 is 25.3. The third-order valence-corrected chi connectivity index (χ3v) is 5.23. The molecule has 3 atom stereocenters. The number of ether oxygens (including phenoxy) is 2. The van der Waals surface area contributed by atoms with Crippen molar-refractivity contribution in [2.24, 2.45) is 0 Å². The number of nitrogen functional groups attached to an aromatic ring is 1. The number of nitrogens with zero attached hydrogens (tertiary/aromatic N) is 4. The zero-order chi connectivity index (χ0) is 16.8. The van der Waals surface area contributed by atoms with E-state index in [1.54, 1.807) is 24.2 Å². The van der Waals surface area contributed by atoms with Gasteiger partial charge in [0.2, 0.25) is 5.95 Å². The molecule has 10 heteroatoms. The molecule has 8 nitrogen and oxygen atoms in total. The van der Waals surface area contributed by atoms with Crippen molar-refractivity contribution in [1.29, 1.82) is 0 Å². The summed E-state index contributed by atoms with van der Waals surface area (Å²) in [7, 11) is -2.10. The van der Waals surface area contributed by atoms with Crippen molar-refractivity contribution in [1.82, 2.24) is 19.5 Å². The first-order chi connectivity index (χ1) is 10.7. The molecule has 0 amide bonds. The summed E-state index contributed by atoms with van der Waals surface area (Å²) in [6.07, 6.45) is 1.72. The van der Waals surface area contributed by atoms with Crippen LogP contribution in [-0.4, -0.2) is 51.4 Å². The maximum Gasteiger partial charge on any atom is 0.223 e. The minimum absolute atomic E-state index is 0.0743. The summed E-state index contributed by atoms with van der Waals surface area (Å²) in [5.41, 5.74) is 6.62. The Morgan fingerprint density at radius 2 is 2.13 bits per heavy atom. The molecule has 2 N–H and O–H groups in total. The minimum atomic E-state index is -2.10. The molecular formula is C13H19ClN5O3P. The molecule has 1 aliphatic heterocycles. The predicted octanol–water partition coefficient (Wildman–Crippen LogP) is 2.33. The van der Waals surface area contributed by atoms with Crippen molar-refractivity contribution < 1.29 is 14.0 Å². The second-order valence-corrected chi connectivity index (χ2v) is 10.0. The van der Waals surface area contributed by atoms with Gasteiger partial charge in [-0.25, -0.2) is 4.98 Å². The topological polar surface area (TPSA) is 105 Å². The minimum Gasteiger partial charge on any atom is -0.368 e. The predicted molar refractivity (Wildman–Crippen MR) is 88.1 cm³/mol. The number of imidazole rings is 1. The van der Waals surface area contributed by atoms with E-state index >= 15 is 0 Å². The standard InChI is InChI=1S/C13H19ClN5O3P/c1-7-12(22-8(21-7)4-5-23(2,3)20)19-6-16-9-10(14)17-13(15)18-11(9)19/h6-8,12H,4-5H2,1-3H3,(H2,15,17,18)/t7-,8+,12?/m1/s1. The van der Waals surface area contributed by atoms with Gasteiger partial charge in [-0.15, -0.1) is 0 Å². The first kappa shape index (κ1) is 16.6. The lowest BCUT2D eigenvalue weighted by molar-refractivity contribution is -0.0744. The van der Waals surface area contributed by atoms with Crippen LogP contribution in [0.25, 0.3) is 11.2 Å². The Labute approximate surface area is 138 Å². The molecule has 3 heterocycles. The van der Waals surface area contributed by atoms with Gasteiger partial charge in [-0.05, 0) is 20.3 Å². The van der Waals surface area contributed by atoms with Gasteiger partial charge in [-0.3, -0.25) is 4.57 Å². The highest BCUT2D eigenvalue weighted by molar-refractivity contribution is 7.62. The Morgan fingerprint density at radius 3 is 2.83 bits per heavy atom. The van der Waals surface area contributed by atoms with E-state index in [1.807, 2.05) is 6.92 Å². The Bertz CT molecular complexity index is 776. The van der Waals surface area contributed by atoms with Crippen LogP contribution >= 0.6 is 18.7 Å². The lowest BCUT2D eigenvalue weighted by Crippen LogP contribution is -2.17. The quantitative estimate of drug-likeness (QED) is 0.659. The third-order valence-electron chi connectivity index (χ3n) is 3.63. The number of halogens is 1. The summed E-state index contributed by atoms with van der Waals surface area (Å²) >= 11 is 6.04. The van der Waals surface area contributed by atoms with Gasteiger partial charge in [0.15, 0.2) is 23.3 Å². The molecule has 0 aliphatic carbocycles. The number of aromatic nitrogens is 4.